The van der Waals surface area contributed by atoms with Gasteiger partial charge in [-0.25, -0.2) is 4.39 Å². The van der Waals surface area contributed by atoms with E-state index in [2.05, 4.69) is 5.32 Å². The Labute approximate surface area is 188 Å². The number of hydrogen-bond donors (Lipinski definition) is 1. The predicted octanol–water partition coefficient (Wildman–Crippen LogP) is 4.46. The molecule has 0 radical (unpaired) electrons. The van der Waals surface area contributed by atoms with Crippen molar-refractivity contribution >= 4 is 35.2 Å². The summed E-state index contributed by atoms with van der Waals surface area (Å²) in [5, 5.41) is 2.62. The molecular formula is C25H20FNO6. The number of furan rings is 1. The van der Waals surface area contributed by atoms with Crippen molar-refractivity contribution in [3.8, 4) is 0 Å². The van der Waals surface area contributed by atoms with Crippen LogP contribution >= 0.6 is 0 Å². The van der Waals surface area contributed by atoms with Crippen LogP contribution in [0.5, 0.6) is 0 Å². The molecule has 168 valence electrons. The molecule has 8 heteroatoms. The number of ether oxygens (including phenoxy) is 1. The number of anilines is 1. The van der Waals surface area contributed by atoms with Crippen LogP contribution in [0.1, 0.15) is 39.3 Å². The van der Waals surface area contributed by atoms with Crippen LogP contribution in [0.2, 0.25) is 0 Å². The summed E-state index contributed by atoms with van der Waals surface area (Å²) in [6, 6.07) is 14.6. The molecule has 1 amide bonds. The van der Waals surface area contributed by atoms with Crippen LogP contribution in [0.3, 0.4) is 0 Å². The van der Waals surface area contributed by atoms with Gasteiger partial charge < -0.3 is 14.5 Å². The number of carbonyl (C=O) groups excluding carboxylic acids is 4. The number of rotatable bonds is 10. The van der Waals surface area contributed by atoms with Gasteiger partial charge in [0.2, 0.25) is 5.91 Å². The highest BCUT2D eigenvalue weighted by Gasteiger charge is 2.12. The van der Waals surface area contributed by atoms with Gasteiger partial charge in [0.1, 0.15) is 11.6 Å². The van der Waals surface area contributed by atoms with E-state index in [-0.39, 0.29) is 24.2 Å². The van der Waals surface area contributed by atoms with Gasteiger partial charge in [-0.2, -0.15) is 0 Å². The molecule has 0 spiro atoms. The van der Waals surface area contributed by atoms with Crippen molar-refractivity contribution in [3.05, 3.63) is 95.7 Å². The normalized spacial score (nSPS) is 10.7. The molecule has 1 N–H and O–H groups in total. The average molecular weight is 449 g/mol. The lowest BCUT2D eigenvalue weighted by atomic mass is 10.1. The highest BCUT2D eigenvalue weighted by molar-refractivity contribution is 6.07. The van der Waals surface area contributed by atoms with E-state index in [0.29, 0.717) is 17.0 Å². The maximum atomic E-state index is 12.9. The van der Waals surface area contributed by atoms with E-state index in [9.17, 15) is 23.6 Å². The molecular weight excluding hydrogens is 429 g/mol. The number of carbonyl (C=O) groups is 4. The zero-order valence-electron chi connectivity index (χ0n) is 17.5. The third-order valence-electron chi connectivity index (χ3n) is 4.48. The number of esters is 1. The topological polar surface area (TPSA) is 103 Å². The van der Waals surface area contributed by atoms with Gasteiger partial charge in [-0.15, -0.1) is 0 Å². The summed E-state index contributed by atoms with van der Waals surface area (Å²) in [5.41, 5.74) is 1.12. The van der Waals surface area contributed by atoms with Gasteiger partial charge in [0.25, 0.3) is 0 Å². The van der Waals surface area contributed by atoms with Crippen LogP contribution < -0.4 is 5.32 Å². The molecule has 1 heterocycles. The molecule has 0 aliphatic carbocycles. The number of nitrogens with one attached hydrogen (secondary N) is 1. The Balaban J connectivity index is 1.40. The summed E-state index contributed by atoms with van der Waals surface area (Å²) in [7, 11) is 0. The number of benzene rings is 2. The number of Topliss-reactive ketones (excluding diaryl/α,β-unsaturated/α-hetero) is 1. The molecule has 3 aromatic rings. The summed E-state index contributed by atoms with van der Waals surface area (Å²) in [6.07, 6.45) is 4.10. The van der Waals surface area contributed by atoms with E-state index in [1.54, 1.807) is 42.5 Å². The molecule has 0 saturated heterocycles. The summed E-state index contributed by atoms with van der Waals surface area (Å²) >= 11 is 0. The molecule has 0 aliphatic rings. The van der Waals surface area contributed by atoms with Gasteiger partial charge in [0, 0.05) is 23.2 Å². The summed E-state index contributed by atoms with van der Waals surface area (Å²) in [5.74, 6) is -1.73. The molecule has 0 saturated carbocycles. The van der Waals surface area contributed by atoms with Crippen LogP contribution in [-0.2, 0) is 14.3 Å². The predicted molar refractivity (Wildman–Crippen MR) is 118 cm³/mol. The standard InChI is InChI=1S/C25H20FNO6/c26-19-7-3-18(4-8-19)23(29)16-33-25(31)14-13-24(30)27-20-9-5-17(6-10-20)22(28)12-11-21-2-1-15-32-21/h1-12,15H,13-14,16H2,(H,27,30)/b12-11+. The highest BCUT2D eigenvalue weighted by Crippen LogP contribution is 2.13. The Morgan fingerprint density at radius 3 is 2.27 bits per heavy atom. The van der Waals surface area contributed by atoms with Crippen molar-refractivity contribution in [3.63, 3.8) is 0 Å². The Hall–Kier alpha value is -4.33. The number of halogens is 1. The third kappa shape index (κ3) is 7.39. The first kappa shape index (κ1) is 23.3. The van der Waals surface area contributed by atoms with Crippen molar-refractivity contribution < 1.29 is 32.7 Å². The molecule has 0 atom stereocenters. The van der Waals surface area contributed by atoms with Gasteiger partial charge in [-0.05, 0) is 72.8 Å². The lowest BCUT2D eigenvalue weighted by Crippen LogP contribution is -2.17. The van der Waals surface area contributed by atoms with Crippen molar-refractivity contribution in [2.75, 3.05) is 11.9 Å². The fraction of sp³-hybridized carbons (Fsp3) is 0.120. The monoisotopic (exact) mass is 449 g/mol. The number of allylic oxidation sites excluding steroid dienone is 1. The number of amides is 1. The SMILES string of the molecule is O=C(CCC(=O)OCC(=O)c1ccc(F)cc1)Nc1ccc(C(=O)/C=C/c2ccco2)cc1. The van der Waals surface area contributed by atoms with Crippen LogP contribution in [0.25, 0.3) is 6.08 Å². The Kier molecular flexibility index (Phi) is 8.02. The summed E-state index contributed by atoms with van der Waals surface area (Å²) < 4.78 is 22.9. The van der Waals surface area contributed by atoms with E-state index in [1.807, 2.05) is 0 Å². The average Bonchev–Trinajstić information content (AvgIpc) is 3.34. The largest absolute Gasteiger partial charge is 0.465 e. The molecule has 2 aromatic carbocycles. The minimum Gasteiger partial charge on any atom is -0.465 e. The van der Waals surface area contributed by atoms with Gasteiger partial charge in [-0.3, -0.25) is 19.2 Å². The fourth-order valence-electron chi connectivity index (χ4n) is 2.73. The fourth-order valence-corrected chi connectivity index (χ4v) is 2.73. The van der Waals surface area contributed by atoms with Gasteiger partial charge in [0.15, 0.2) is 18.2 Å². The Morgan fingerprint density at radius 2 is 1.61 bits per heavy atom. The lowest BCUT2D eigenvalue weighted by Gasteiger charge is -2.07. The molecule has 33 heavy (non-hydrogen) atoms. The first-order chi connectivity index (χ1) is 15.9. The van der Waals surface area contributed by atoms with Crippen molar-refractivity contribution in [2.24, 2.45) is 0 Å². The second kappa shape index (κ2) is 11.3. The van der Waals surface area contributed by atoms with Crippen LogP contribution in [0.15, 0.2) is 77.4 Å². The van der Waals surface area contributed by atoms with E-state index < -0.39 is 30.1 Å². The zero-order valence-corrected chi connectivity index (χ0v) is 17.5. The first-order valence-electron chi connectivity index (χ1n) is 10.0. The molecule has 0 bridgehead atoms. The molecule has 3 rings (SSSR count). The minimum absolute atomic E-state index is 0.143. The summed E-state index contributed by atoms with van der Waals surface area (Å²) in [4.78, 5) is 47.9. The molecule has 1 aromatic heterocycles. The maximum Gasteiger partial charge on any atom is 0.306 e. The maximum absolute atomic E-state index is 12.9. The van der Waals surface area contributed by atoms with Crippen LogP contribution in [-0.4, -0.2) is 30.0 Å². The van der Waals surface area contributed by atoms with Crippen LogP contribution in [0.4, 0.5) is 10.1 Å². The summed E-state index contributed by atoms with van der Waals surface area (Å²) in [6.45, 7) is -0.490. The Morgan fingerprint density at radius 1 is 0.909 bits per heavy atom. The molecule has 0 fully saturated rings. The quantitative estimate of drug-likeness (QED) is 0.279. The second-order valence-electron chi connectivity index (χ2n) is 6.93. The second-order valence-corrected chi connectivity index (χ2v) is 6.93. The van der Waals surface area contributed by atoms with E-state index in [4.69, 9.17) is 9.15 Å². The van der Waals surface area contributed by atoms with Gasteiger partial charge in [-0.1, -0.05) is 0 Å². The van der Waals surface area contributed by atoms with Gasteiger partial charge in [0.05, 0.1) is 12.7 Å². The molecule has 0 unspecified atom stereocenters. The van der Waals surface area contributed by atoms with Crippen molar-refractivity contribution in [1.29, 1.82) is 0 Å². The van der Waals surface area contributed by atoms with E-state index in [1.165, 1.54) is 24.5 Å². The smallest absolute Gasteiger partial charge is 0.306 e. The van der Waals surface area contributed by atoms with Gasteiger partial charge >= 0.3 is 5.97 Å². The van der Waals surface area contributed by atoms with Crippen LogP contribution in [0, 0.1) is 5.82 Å². The minimum atomic E-state index is -0.704. The zero-order chi connectivity index (χ0) is 23.6. The van der Waals surface area contributed by atoms with Crippen molar-refractivity contribution in [1.82, 2.24) is 0 Å². The third-order valence-corrected chi connectivity index (χ3v) is 4.48. The Bertz CT molecular complexity index is 1150. The molecule has 0 aliphatic heterocycles. The lowest BCUT2D eigenvalue weighted by molar-refractivity contribution is -0.143. The van der Waals surface area contributed by atoms with E-state index in [0.717, 1.165) is 12.1 Å². The number of hydrogen-bond acceptors (Lipinski definition) is 6. The number of ketones is 2. The van der Waals surface area contributed by atoms with Crippen molar-refractivity contribution in [2.45, 2.75) is 12.8 Å². The molecule has 7 nitrogen and oxygen atoms in total. The van der Waals surface area contributed by atoms with E-state index >= 15 is 0 Å². The highest BCUT2D eigenvalue weighted by atomic mass is 19.1. The first-order valence-corrected chi connectivity index (χ1v) is 10.0.